The molecule has 0 aliphatic carbocycles. The minimum Gasteiger partial charge on any atom is -0.480 e. The van der Waals surface area contributed by atoms with Gasteiger partial charge in [0.25, 0.3) is 0 Å². The predicted octanol–water partition coefficient (Wildman–Crippen LogP) is 1.53. The minimum atomic E-state index is -0.813. The van der Waals surface area contributed by atoms with Crippen molar-refractivity contribution in [1.82, 2.24) is 4.90 Å². The van der Waals surface area contributed by atoms with Gasteiger partial charge in [-0.1, -0.05) is 30.3 Å². The van der Waals surface area contributed by atoms with Crippen LogP contribution in [0.4, 0.5) is 0 Å². The van der Waals surface area contributed by atoms with Crippen LogP contribution in [0.1, 0.15) is 18.5 Å². The molecule has 17 heavy (non-hydrogen) atoms. The van der Waals surface area contributed by atoms with E-state index < -0.39 is 12.0 Å². The molecule has 1 aliphatic rings. The lowest BCUT2D eigenvalue weighted by atomic mass is 10.0. The second-order valence-corrected chi connectivity index (χ2v) is 4.25. The van der Waals surface area contributed by atoms with Crippen LogP contribution in [-0.2, 0) is 9.53 Å². The van der Waals surface area contributed by atoms with Gasteiger partial charge in [0, 0.05) is 12.6 Å². The van der Waals surface area contributed by atoms with E-state index in [1.165, 1.54) is 0 Å². The van der Waals surface area contributed by atoms with E-state index >= 15 is 0 Å². The third-order valence-electron chi connectivity index (χ3n) is 3.23. The lowest BCUT2D eigenvalue weighted by Gasteiger charge is -2.37. The summed E-state index contributed by atoms with van der Waals surface area (Å²) in [5.74, 6) is -0.813. The van der Waals surface area contributed by atoms with Gasteiger partial charge in [-0.05, 0) is 12.5 Å². The summed E-state index contributed by atoms with van der Waals surface area (Å²) in [6.45, 7) is 3.57. The van der Waals surface area contributed by atoms with Gasteiger partial charge in [0.15, 0.2) is 0 Å². The summed E-state index contributed by atoms with van der Waals surface area (Å²) in [7, 11) is 0. The monoisotopic (exact) mass is 235 g/mol. The molecule has 0 aromatic heterocycles. The van der Waals surface area contributed by atoms with Crippen molar-refractivity contribution in [2.45, 2.75) is 19.0 Å². The molecule has 0 saturated carbocycles. The van der Waals surface area contributed by atoms with Crippen LogP contribution in [0.5, 0.6) is 0 Å². The maximum Gasteiger partial charge on any atom is 0.323 e. The molecule has 92 valence electrons. The molecule has 4 heteroatoms. The van der Waals surface area contributed by atoms with Crippen LogP contribution in [-0.4, -0.2) is 41.8 Å². The Bertz CT molecular complexity index is 380. The predicted molar refractivity (Wildman–Crippen MR) is 63.8 cm³/mol. The molecule has 2 atom stereocenters. The maximum atomic E-state index is 11.2. The first-order valence-corrected chi connectivity index (χ1v) is 5.81. The van der Waals surface area contributed by atoms with E-state index in [4.69, 9.17) is 4.74 Å². The summed E-state index contributed by atoms with van der Waals surface area (Å²) in [6, 6.07) is 9.52. The summed E-state index contributed by atoms with van der Waals surface area (Å²) < 4.78 is 5.24. The van der Waals surface area contributed by atoms with Gasteiger partial charge >= 0.3 is 5.97 Å². The van der Waals surface area contributed by atoms with E-state index in [-0.39, 0.29) is 12.6 Å². The van der Waals surface area contributed by atoms with Crippen LogP contribution >= 0.6 is 0 Å². The lowest BCUT2D eigenvalue weighted by molar-refractivity contribution is -0.151. The average molecular weight is 235 g/mol. The Balaban J connectivity index is 2.16. The Morgan fingerprint density at radius 1 is 1.47 bits per heavy atom. The van der Waals surface area contributed by atoms with Crippen LogP contribution < -0.4 is 0 Å². The molecule has 0 radical (unpaired) electrons. The van der Waals surface area contributed by atoms with Gasteiger partial charge in [0.1, 0.15) is 6.04 Å². The van der Waals surface area contributed by atoms with Crippen molar-refractivity contribution < 1.29 is 14.6 Å². The third kappa shape index (κ3) is 2.65. The molecule has 1 aromatic rings. The number of aliphatic carboxylic acids is 1. The summed E-state index contributed by atoms with van der Waals surface area (Å²) >= 11 is 0. The van der Waals surface area contributed by atoms with E-state index in [1.54, 1.807) is 0 Å². The van der Waals surface area contributed by atoms with Crippen LogP contribution in [0.3, 0.4) is 0 Å². The zero-order chi connectivity index (χ0) is 12.3. The quantitative estimate of drug-likeness (QED) is 0.863. The van der Waals surface area contributed by atoms with Crippen LogP contribution in [0.15, 0.2) is 30.3 Å². The van der Waals surface area contributed by atoms with E-state index in [1.807, 2.05) is 42.2 Å². The molecular weight excluding hydrogens is 218 g/mol. The third-order valence-corrected chi connectivity index (χ3v) is 3.23. The first-order valence-electron chi connectivity index (χ1n) is 5.81. The van der Waals surface area contributed by atoms with Crippen LogP contribution in [0.25, 0.3) is 0 Å². The molecule has 2 unspecified atom stereocenters. The summed E-state index contributed by atoms with van der Waals surface area (Å²) in [5, 5.41) is 9.18. The molecule has 0 spiro atoms. The summed E-state index contributed by atoms with van der Waals surface area (Å²) in [4.78, 5) is 13.2. The molecule has 2 rings (SSSR count). The maximum absolute atomic E-state index is 11.2. The number of hydrogen-bond donors (Lipinski definition) is 1. The smallest absolute Gasteiger partial charge is 0.323 e. The fourth-order valence-electron chi connectivity index (χ4n) is 2.22. The van der Waals surface area contributed by atoms with Crippen LogP contribution in [0, 0.1) is 0 Å². The van der Waals surface area contributed by atoms with Gasteiger partial charge in [-0.2, -0.15) is 0 Å². The van der Waals surface area contributed by atoms with Gasteiger partial charge in [0.05, 0.1) is 13.2 Å². The molecule has 1 aromatic carbocycles. The average Bonchev–Trinajstić information content (AvgIpc) is 2.39. The highest BCUT2D eigenvalue weighted by Gasteiger charge is 2.32. The van der Waals surface area contributed by atoms with Gasteiger partial charge in [-0.15, -0.1) is 0 Å². The largest absolute Gasteiger partial charge is 0.480 e. The zero-order valence-corrected chi connectivity index (χ0v) is 9.87. The van der Waals surface area contributed by atoms with Gasteiger partial charge in [-0.3, -0.25) is 9.69 Å². The Morgan fingerprint density at radius 2 is 2.18 bits per heavy atom. The topological polar surface area (TPSA) is 49.8 Å². The number of carboxylic acids is 1. The highest BCUT2D eigenvalue weighted by Crippen LogP contribution is 2.24. The Labute approximate surface area is 101 Å². The lowest BCUT2D eigenvalue weighted by Crippen LogP contribution is -2.50. The first-order chi connectivity index (χ1) is 8.20. The van der Waals surface area contributed by atoms with Gasteiger partial charge in [0.2, 0.25) is 0 Å². The molecule has 1 heterocycles. The van der Waals surface area contributed by atoms with Gasteiger partial charge in [-0.25, -0.2) is 0 Å². The van der Waals surface area contributed by atoms with Crippen molar-refractivity contribution in [3.05, 3.63) is 35.9 Å². The van der Waals surface area contributed by atoms with E-state index in [0.717, 1.165) is 5.56 Å². The molecule has 0 amide bonds. The fourth-order valence-corrected chi connectivity index (χ4v) is 2.22. The SMILES string of the molecule is CC(c1ccccc1)N1CCOCC1C(=O)O. The van der Waals surface area contributed by atoms with Crippen molar-refractivity contribution in [1.29, 1.82) is 0 Å². The Morgan fingerprint density at radius 3 is 2.82 bits per heavy atom. The standard InChI is InChI=1S/C13H17NO3/c1-10(11-5-3-2-4-6-11)14-7-8-17-9-12(14)13(15)16/h2-6,10,12H,7-9H2,1H3,(H,15,16). The van der Waals surface area contributed by atoms with E-state index in [9.17, 15) is 9.90 Å². The summed E-state index contributed by atoms with van der Waals surface area (Å²) in [6.07, 6.45) is 0. The molecule has 1 saturated heterocycles. The number of hydrogen-bond acceptors (Lipinski definition) is 3. The number of rotatable bonds is 3. The molecular formula is C13H17NO3. The molecule has 4 nitrogen and oxygen atoms in total. The second-order valence-electron chi connectivity index (χ2n) is 4.25. The normalized spacial score (nSPS) is 23.2. The number of benzene rings is 1. The van der Waals surface area contributed by atoms with Crippen molar-refractivity contribution in [2.75, 3.05) is 19.8 Å². The Kier molecular flexibility index (Phi) is 3.76. The van der Waals surface area contributed by atoms with E-state index in [2.05, 4.69) is 0 Å². The fraction of sp³-hybridized carbons (Fsp3) is 0.462. The van der Waals surface area contributed by atoms with Crippen LogP contribution in [0.2, 0.25) is 0 Å². The van der Waals surface area contributed by atoms with Crippen molar-refractivity contribution in [2.24, 2.45) is 0 Å². The van der Waals surface area contributed by atoms with E-state index in [0.29, 0.717) is 13.2 Å². The number of nitrogens with zero attached hydrogens (tertiary/aromatic N) is 1. The molecule has 1 aliphatic heterocycles. The van der Waals surface area contributed by atoms with Crippen molar-refractivity contribution in [3.63, 3.8) is 0 Å². The molecule has 1 fully saturated rings. The van der Waals surface area contributed by atoms with Crippen molar-refractivity contribution >= 4 is 5.97 Å². The zero-order valence-electron chi connectivity index (χ0n) is 9.87. The number of carbonyl (C=O) groups is 1. The highest BCUT2D eigenvalue weighted by molar-refractivity contribution is 5.73. The minimum absolute atomic E-state index is 0.0983. The molecule has 1 N–H and O–H groups in total. The first kappa shape index (κ1) is 12.1. The van der Waals surface area contributed by atoms with Crippen molar-refractivity contribution in [3.8, 4) is 0 Å². The van der Waals surface area contributed by atoms with Gasteiger partial charge < -0.3 is 9.84 Å². The number of ether oxygens (including phenoxy) is 1. The number of carboxylic acid groups (broad SMARTS) is 1. The molecule has 0 bridgehead atoms. The number of morpholine rings is 1. The highest BCUT2D eigenvalue weighted by atomic mass is 16.5. The Hall–Kier alpha value is -1.39. The second kappa shape index (κ2) is 5.29. The summed E-state index contributed by atoms with van der Waals surface area (Å²) in [5.41, 5.74) is 1.14.